The maximum absolute atomic E-state index is 6.23. The van der Waals surface area contributed by atoms with Crippen LogP contribution in [0, 0.1) is 17.8 Å². The predicted octanol–water partition coefficient (Wildman–Crippen LogP) is 13.6. The van der Waals surface area contributed by atoms with Crippen LogP contribution < -0.4 is 0 Å². The summed E-state index contributed by atoms with van der Waals surface area (Å²) in [5.41, 5.74) is 13.0. The minimum absolute atomic E-state index is 0.0392. The first-order valence-corrected chi connectivity index (χ1v) is 18.2. The number of rotatable bonds is 3. The van der Waals surface area contributed by atoms with Gasteiger partial charge in [-0.05, 0) is 121 Å². The van der Waals surface area contributed by atoms with E-state index >= 15 is 0 Å². The van der Waals surface area contributed by atoms with Crippen molar-refractivity contribution in [2.24, 2.45) is 17.8 Å². The molecule has 1 saturated carbocycles. The van der Waals surface area contributed by atoms with Gasteiger partial charge in [-0.15, -0.1) is 0 Å². The quantitative estimate of drug-likeness (QED) is 0.177. The lowest BCUT2D eigenvalue weighted by molar-refractivity contribution is 0.114. The Morgan fingerprint density at radius 2 is 1.08 bits per heavy atom. The van der Waals surface area contributed by atoms with Crippen molar-refractivity contribution in [2.45, 2.75) is 45.4 Å². The average Bonchev–Trinajstić information content (AvgIpc) is 3.65. The molecule has 7 aromatic carbocycles. The number of furan rings is 1. The Balaban J connectivity index is 1.25. The van der Waals surface area contributed by atoms with E-state index in [-0.39, 0.29) is 5.41 Å². The number of fused-ring (bicyclic) bond motifs is 10. The Morgan fingerprint density at radius 1 is 0.531 bits per heavy atom. The van der Waals surface area contributed by atoms with Crippen LogP contribution in [0.5, 0.6) is 0 Å². The summed E-state index contributed by atoms with van der Waals surface area (Å²) in [4.78, 5) is 0. The summed E-state index contributed by atoms with van der Waals surface area (Å²) in [6.07, 6.45) is 3.75. The largest absolute Gasteiger partial charge is 0.456 e. The van der Waals surface area contributed by atoms with Gasteiger partial charge in [0.05, 0.1) is 0 Å². The minimum Gasteiger partial charge on any atom is -0.456 e. The molecule has 4 unspecified atom stereocenters. The van der Waals surface area contributed by atoms with Crippen LogP contribution in [-0.4, -0.2) is 0 Å². The first-order chi connectivity index (χ1) is 24.1. The van der Waals surface area contributed by atoms with Crippen molar-refractivity contribution in [1.29, 1.82) is 0 Å². The van der Waals surface area contributed by atoms with Gasteiger partial charge in [-0.25, -0.2) is 0 Å². The Labute approximate surface area is 288 Å². The second-order valence-electron chi connectivity index (χ2n) is 14.9. The lowest BCUT2D eigenvalue weighted by Gasteiger charge is -2.50. The molecule has 0 radical (unpaired) electrons. The Morgan fingerprint density at radius 3 is 1.78 bits per heavy atom. The summed E-state index contributed by atoms with van der Waals surface area (Å²) in [7, 11) is 0. The maximum atomic E-state index is 6.23. The topological polar surface area (TPSA) is 13.1 Å². The fraction of sp³-hybridized carbons (Fsp3) is 0.208. The fourth-order valence-electron chi connectivity index (χ4n) is 10.6. The van der Waals surface area contributed by atoms with Crippen molar-refractivity contribution in [2.75, 3.05) is 0 Å². The molecule has 1 heterocycles. The van der Waals surface area contributed by atoms with Gasteiger partial charge in [-0.2, -0.15) is 0 Å². The molecule has 10 rings (SSSR count). The molecule has 1 heteroatoms. The summed E-state index contributed by atoms with van der Waals surface area (Å²) in [6, 6.07) is 50.0. The van der Waals surface area contributed by atoms with Crippen molar-refractivity contribution < 1.29 is 4.42 Å². The molecule has 4 atom stereocenters. The molecule has 238 valence electrons. The van der Waals surface area contributed by atoms with Crippen LogP contribution in [0.4, 0.5) is 0 Å². The normalized spacial score (nSPS) is 21.6. The third-order valence-electron chi connectivity index (χ3n) is 12.4. The van der Waals surface area contributed by atoms with E-state index in [4.69, 9.17) is 4.42 Å². The smallest absolute Gasteiger partial charge is 0.135 e. The molecule has 1 nitrogen and oxygen atoms in total. The van der Waals surface area contributed by atoms with Crippen LogP contribution in [0.25, 0.3) is 76.9 Å². The van der Waals surface area contributed by atoms with Gasteiger partial charge >= 0.3 is 0 Å². The molecular weight excluding hydrogens is 593 g/mol. The van der Waals surface area contributed by atoms with Crippen molar-refractivity contribution in [3.05, 3.63) is 145 Å². The lowest BCUT2D eigenvalue weighted by atomic mass is 9.53. The van der Waals surface area contributed by atoms with Crippen LogP contribution in [0.3, 0.4) is 0 Å². The first-order valence-electron chi connectivity index (χ1n) is 18.2. The fourth-order valence-corrected chi connectivity index (χ4v) is 10.6. The zero-order valence-electron chi connectivity index (χ0n) is 28.5. The highest BCUT2D eigenvalue weighted by Gasteiger charge is 2.53. The summed E-state index contributed by atoms with van der Waals surface area (Å²) in [5, 5.41) is 7.50. The second kappa shape index (κ2) is 10.7. The van der Waals surface area contributed by atoms with Gasteiger partial charge in [0.15, 0.2) is 0 Å². The summed E-state index contributed by atoms with van der Waals surface area (Å²) < 4.78 is 6.23. The zero-order chi connectivity index (χ0) is 32.9. The van der Waals surface area contributed by atoms with E-state index in [0.717, 1.165) is 27.9 Å². The highest BCUT2D eigenvalue weighted by molar-refractivity contribution is 6.22. The lowest BCUT2D eigenvalue weighted by Crippen LogP contribution is -2.45. The molecule has 1 aromatic heterocycles. The van der Waals surface area contributed by atoms with Crippen molar-refractivity contribution >= 4 is 43.5 Å². The second-order valence-corrected chi connectivity index (χ2v) is 14.9. The van der Waals surface area contributed by atoms with Gasteiger partial charge in [-0.1, -0.05) is 136 Å². The van der Waals surface area contributed by atoms with E-state index in [0.29, 0.717) is 11.8 Å². The Bertz CT molecular complexity index is 2540. The number of hydrogen-bond acceptors (Lipinski definition) is 1. The molecule has 0 aliphatic heterocycles. The summed E-state index contributed by atoms with van der Waals surface area (Å²) in [5.74, 6) is 1.95. The van der Waals surface area contributed by atoms with Gasteiger partial charge in [0.1, 0.15) is 11.2 Å². The van der Waals surface area contributed by atoms with E-state index in [2.05, 4.69) is 148 Å². The molecular formula is C48H40O. The standard InChI is InChI=1S/C48H40O/c1-4-33-26-29(2)25-30(3)48(33)42-19-11-9-13-34(42)35-23-21-32(28-43(35)48)47-39-17-7-5-15-37(39)46(38-16-6-8-18-40(38)47)31-22-24-45-41(27-31)36-14-10-12-20-44(36)49-45/h5-24,27-30,33H,4,25-26H2,1-3H3. The van der Waals surface area contributed by atoms with Gasteiger partial charge in [0.25, 0.3) is 0 Å². The molecule has 1 spiro atoms. The molecule has 1 fully saturated rings. The molecule has 2 aliphatic carbocycles. The highest BCUT2D eigenvalue weighted by Crippen LogP contribution is 2.62. The number of hydrogen-bond donors (Lipinski definition) is 0. The summed E-state index contributed by atoms with van der Waals surface area (Å²) >= 11 is 0. The third-order valence-corrected chi connectivity index (χ3v) is 12.4. The van der Waals surface area contributed by atoms with Gasteiger partial charge in [0, 0.05) is 16.2 Å². The Hall–Kier alpha value is -5.14. The van der Waals surface area contributed by atoms with E-state index in [1.165, 1.54) is 74.2 Å². The Kier molecular flexibility index (Phi) is 6.28. The average molecular weight is 633 g/mol. The maximum Gasteiger partial charge on any atom is 0.135 e. The minimum atomic E-state index is 0.0392. The van der Waals surface area contributed by atoms with Gasteiger partial charge < -0.3 is 4.42 Å². The molecule has 2 aliphatic rings. The molecule has 0 N–H and O–H groups in total. The van der Waals surface area contributed by atoms with Gasteiger partial charge in [0.2, 0.25) is 0 Å². The molecule has 49 heavy (non-hydrogen) atoms. The molecule has 0 amide bonds. The van der Waals surface area contributed by atoms with Crippen LogP contribution in [0.2, 0.25) is 0 Å². The zero-order valence-corrected chi connectivity index (χ0v) is 28.5. The van der Waals surface area contributed by atoms with Crippen LogP contribution in [-0.2, 0) is 5.41 Å². The van der Waals surface area contributed by atoms with Crippen LogP contribution in [0.1, 0.15) is 51.2 Å². The molecule has 0 bridgehead atoms. The third kappa shape index (κ3) is 3.93. The van der Waals surface area contributed by atoms with Crippen molar-refractivity contribution in [3.8, 4) is 33.4 Å². The van der Waals surface area contributed by atoms with Crippen LogP contribution >= 0.6 is 0 Å². The van der Waals surface area contributed by atoms with E-state index in [1.54, 1.807) is 11.1 Å². The number of benzene rings is 7. The van der Waals surface area contributed by atoms with Crippen molar-refractivity contribution in [3.63, 3.8) is 0 Å². The van der Waals surface area contributed by atoms with Gasteiger partial charge in [-0.3, -0.25) is 0 Å². The van der Waals surface area contributed by atoms with E-state index in [1.807, 2.05) is 6.07 Å². The van der Waals surface area contributed by atoms with Crippen molar-refractivity contribution in [1.82, 2.24) is 0 Å². The summed E-state index contributed by atoms with van der Waals surface area (Å²) in [6.45, 7) is 7.43. The molecule has 0 saturated heterocycles. The van der Waals surface area contributed by atoms with E-state index in [9.17, 15) is 0 Å². The number of para-hydroxylation sites is 1. The molecule has 8 aromatic rings. The monoisotopic (exact) mass is 632 g/mol. The SMILES string of the molecule is CCC1CC(C)CC(C)C12c1ccccc1-c1ccc(-c3c4ccccc4c(-c4ccc5oc6ccccc6c5c4)c4ccccc34)cc12. The predicted molar refractivity (Wildman–Crippen MR) is 207 cm³/mol. The van der Waals surface area contributed by atoms with E-state index < -0.39 is 0 Å². The first kappa shape index (κ1) is 28.8. The van der Waals surface area contributed by atoms with Crippen LogP contribution in [0.15, 0.2) is 138 Å². The highest BCUT2D eigenvalue weighted by atomic mass is 16.3.